The van der Waals surface area contributed by atoms with Gasteiger partial charge >= 0.3 is 0 Å². The van der Waals surface area contributed by atoms with Crippen LogP contribution in [0.5, 0.6) is 0 Å². The van der Waals surface area contributed by atoms with Gasteiger partial charge in [-0.05, 0) is 25.0 Å². The summed E-state index contributed by atoms with van der Waals surface area (Å²) in [6.45, 7) is 2.77. The Hall–Kier alpha value is -1.84. The van der Waals surface area contributed by atoms with Crippen LogP contribution in [0.15, 0.2) is 24.3 Å². The van der Waals surface area contributed by atoms with E-state index in [1.54, 1.807) is 0 Å². The molecule has 1 N–H and O–H groups in total. The van der Waals surface area contributed by atoms with Crippen LogP contribution in [0.3, 0.4) is 0 Å². The van der Waals surface area contributed by atoms with Crippen LogP contribution in [0.25, 0.3) is 11.0 Å². The molecule has 1 aliphatic rings. The molecule has 1 amide bonds. The number of aromatic amines is 1. The van der Waals surface area contributed by atoms with Gasteiger partial charge in [0.05, 0.1) is 17.1 Å². The molecule has 94 valence electrons. The quantitative estimate of drug-likeness (QED) is 0.881. The van der Waals surface area contributed by atoms with Crippen molar-refractivity contribution in [3.8, 4) is 0 Å². The second kappa shape index (κ2) is 4.44. The number of amides is 1. The van der Waals surface area contributed by atoms with E-state index in [9.17, 15) is 4.79 Å². The number of carbonyl (C=O) groups is 1. The lowest BCUT2D eigenvalue weighted by Crippen LogP contribution is -2.30. The van der Waals surface area contributed by atoms with E-state index in [1.165, 1.54) is 0 Å². The van der Waals surface area contributed by atoms with Gasteiger partial charge in [0.1, 0.15) is 5.82 Å². The van der Waals surface area contributed by atoms with E-state index in [1.807, 2.05) is 36.1 Å². The summed E-state index contributed by atoms with van der Waals surface area (Å²) in [5, 5.41) is 0. The maximum absolute atomic E-state index is 11.9. The normalized spacial score (nSPS) is 19.6. The molecule has 2 heterocycles. The van der Waals surface area contributed by atoms with Gasteiger partial charge in [-0.15, -0.1) is 0 Å². The predicted molar refractivity (Wildman–Crippen MR) is 70.1 cm³/mol. The zero-order valence-electron chi connectivity index (χ0n) is 10.5. The highest BCUT2D eigenvalue weighted by Crippen LogP contribution is 2.31. The van der Waals surface area contributed by atoms with Gasteiger partial charge in [0.25, 0.3) is 0 Å². The van der Waals surface area contributed by atoms with Crippen LogP contribution in [0.1, 0.15) is 38.1 Å². The van der Waals surface area contributed by atoms with Gasteiger partial charge in [-0.3, -0.25) is 4.79 Å². The lowest BCUT2D eigenvalue weighted by Gasteiger charge is -2.22. The van der Waals surface area contributed by atoms with Gasteiger partial charge in [0.2, 0.25) is 5.91 Å². The maximum Gasteiger partial charge on any atom is 0.222 e. The monoisotopic (exact) mass is 243 g/mol. The molecule has 0 unspecified atom stereocenters. The number of imidazole rings is 1. The molecule has 2 aromatic rings. The van der Waals surface area contributed by atoms with Crippen LogP contribution in [-0.2, 0) is 4.79 Å². The van der Waals surface area contributed by atoms with Crippen LogP contribution < -0.4 is 0 Å². The van der Waals surface area contributed by atoms with E-state index in [-0.39, 0.29) is 11.9 Å². The van der Waals surface area contributed by atoms with E-state index in [2.05, 4.69) is 9.97 Å². The predicted octanol–water partition coefficient (Wildman–Crippen LogP) is 2.64. The van der Waals surface area contributed by atoms with Gasteiger partial charge in [0, 0.05) is 13.0 Å². The van der Waals surface area contributed by atoms with Crippen molar-refractivity contribution in [1.82, 2.24) is 14.9 Å². The Morgan fingerprint density at radius 3 is 3.11 bits per heavy atom. The van der Waals surface area contributed by atoms with Gasteiger partial charge in [0.15, 0.2) is 0 Å². The fraction of sp³-hybridized carbons (Fsp3) is 0.429. The minimum Gasteiger partial charge on any atom is -0.340 e. The molecule has 1 fully saturated rings. The van der Waals surface area contributed by atoms with E-state index >= 15 is 0 Å². The third-order valence-corrected chi connectivity index (χ3v) is 3.60. The molecule has 1 aliphatic heterocycles. The standard InChI is InChI=1S/C14H17N3O/c1-2-13(18)17-9-5-8-12(17)14-15-10-6-3-4-7-11(10)16-14/h3-4,6-7,12H,2,5,8-9H2,1H3,(H,15,16)/t12-/m1/s1. The summed E-state index contributed by atoms with van der Waals surface area (Å²) in [6.07, 6.45) is 2.63. The Balaban J connectivity index is 1.95. The summed E-state index contributed by atoms with van der Waals surface area (Å²) in [4.78, 5) is 21.8. The fourth-order valence-corrected chi connectivity index (χ4v) is 2.68. The number of likely N-dealkylation sites (tertiary alicyclic amines) is 1. The molecule has 1 saturated heterocycles. The number of hydrogen-bond acceptors (Lipinski definition) is 2. The van der Waals surface area contributed by atoms with E-state index in [0.29, 0.717) is 6.42 Å². The number of fused-ring (bicyclic) bond motifs is 1. The third kappa shape index (κ3) is 1.78. The zero-order valence-corrected chi connectivity index (χ0v) is 10.5. The molecular formula is C14H17N3O. The summed E-state index contributed by atoms with van der Waals surface area (Å²) < 4.78 is 0. The van der Waals surface area contributed by atoms with Crippen molar-refractivity contribution in [2.24, 2.45) is 0 Å². The van der Waals surface area contributed by atoms with Crippen molar-refractivity contribution in [3.63, 3.8) is 0 Å². The number of carbonyl (C=O) groups excluding carboxylic acids is 1. The van der Waals surface area contributed by atoms with Crippen molar-refractivity contribution >= 4 is 16.9 Å². The number of rotatable bonds is 2. The summed E-state index contributed by atoms with van der Waals surface area (Å²) in [7, 11) is 0. The molecular weight excluding hydrogens is 226 g/mol. The van der Waals surface area contributed by atoms with Crippen LogP contribution in [0.4, 0.5) is 0 Å². The number of hydrogen-bond donors (Lipinski definition) is 1. The molecule has 3 rings (SSSR count). The van der Waals surface area contributed by atoms with Gasteiger partial charge < -0.3 is 9.88 Å². The number of nitrogens with one attached hydrogen (secondary N) is 1. The first-order valence-corrected chi connectivity index (χ1v) is 6.53. The summed E-state index contributed by atoms with van der Waals surface area (Å²) >= 11 is 0. The second-order valence-electron chi connectivity index (χ2n) is 4.74. The van der Waals surface area contributed by atoms with Crippen LogP contribution >= 0.6 is 0 Å². The van der Waals surface area contributed by atoms with Crippen molar-refractivity contribution < 1.29 is 4.79 Å². The Morgan fingerprint density at radius 1 is 1.50 bits per heavy atom. The summed E-state index contributed by atoms with van der Waals surface area (Å²) in [6, 6.07) is 8.12. The molecule has 0 spiro atoms. The van der Waals surface area contributed by atoms with Crippen molar-refractivity contribution in [1.29, 1.82) is 0 Å². The maximum atomic E-state index is 11.9. The van der Waals surface area contributed by atoms with Crippen LogP contribution in [0.2, 0.25) is 0 Å². The van der Waals surface area contributed by atoms with E-state index < -0.39 is 0 Å². The molecule has 1 aromatic carbocycles. The molecule has 1 aromatic heterocycles. The molecule has 0 aliphatic carbocycles. The molecule has 0 bridgehead atoms. The smallest absolute Gasteiger partial charge is 0.222 e. The molecule has 1 atom stereocenters. The molecule has 4 heteroatoms. The van der Waals surface area contributed by atoms with Gasteiger partial charge in [-0.2, -0.15) is 0 Å². The second-order valence-corrected chi connectivity index (χ2v) is 4.74. The van der Waals surface area contributed by atoms with Crippen molar-refractivity contribution in [3.05, 3.63) is 30.1 Å². The molecule has 0 saturated carbocycles. The Bertz CT molecular complexity index is 542. The average Bonchev–Trinajstić information content (AvgIpc) is 3.03. The van der Waals surface area contributed by atoms with Crippen molar-refractivity contribution in [2.45, 2.75) is 32.2 Å². The minimum absolute atomic E-state index is 0.129. The SMILES string of the molecule is CCC(=O)N1CCC[C@@H]1c1nc2ccccc2[nH]1. The molecule has 18 heavy (non-hydrogen) atoms. The average molecular weight is 243 g/mol. The van der Waals surface area contributed by atoms with Crippen LogP contribution in [-0.4, -0.2) is 27.3 Å². The van der Waals surface area contributed by atoms with Gasteiger partial charge in [-0.1, -0.05) is 19.1 Å². The lowest BCUT2D eigenvalue weighted by atomic mass is 10.2. The summed E-state index contributed by atoms with van der Waals surface area (Å²) in [5.41, 5.74) is 2.02. The first-order chi connectivity index (χ1) is 8.79. The van der Waals surface area contributed by atoms with Crippen LogP contribution in [0, 0.1) is 0 Å². The van der Waals surface area contributed by atoms with E-state index in [4.69, 9.17) is 0 Å². The number of nitrogens with zero attached hydrogens (tertiary/aromatic N) is 2. The zero-order chi connectivity index (χ0) is 12.5. The highest BCUT2D eigenvalue weighted by molar-refractivity contribution is 5.77. The number of para-hydroxylation sites is 2. The Morgan fingerprint density at radius 2 is 2.33 bits per heavy atom. The largest absolute Gasteiger partial charge is 0.340 e. The van der Waals surface area contributed by atoms with E-state index in [0.717, 1.165) is 36.2 Å². The fourth-order valence-electron chi connectivity index (χ4n) is 2.68. The molecule has 0 radical (unpaired) electrons. The van der Waals surface area contributed by atoms with Crippen molar-refractivity contribution in [2.75, 3.05) is 6.54 Å². The minimum atomic E-state index is 0.129. The number of aromatic nitrogens is 2. The third-order valence-electron chi connectivity index (χ3n) is 3.60. The topological polar surface area (TPSA) is 49.0 Å². The highest BCUT2D eigenvalue weighted by Gasteiger charge is 2.31. The summed E-state index contributed by atoms with van der Waals surface area (Å²) in [5.74, 6) is 1.15. The Labute approximate surface area is 106 Å². The lowest BCUT2D eigenvalue weighted by molar-refractivity contribution is -0.131. The number of H-pyrrole nitrogens is 1. The first-order valence-electron chi connectivity index (χ1n) is 6.53. The highest BCUT2D eigenvalue weighted by atomic mass is 16.2. The Kier molecular flexibility index (Phi) is 2.78. The molecule has 4 nitrogen and oxygen atoms in total. The van der Waals surface area contributed by atoms with Gasteiger partial charge in [-0.25, -0.2) is 4.98 Å². The first kappa shape index (κ1) is 11.3. The number of benzene rings is 1.